The highest BCUT2D eigenvalue weighted by Gasteiger charge is 2.25. The van der Waals surface area contributed by atoms with Crippen molar-refractivity contribution >= 4 is 11.9 Å². The van der Waals surface area contributed by atoms with E-state index in [1.54, 1.807) is 29.9 Å². The summed E-state index contributed by atoms with van der Waals surface area (Å²) in [5.41, 5.74) is 0.825. The van der Waals surface area contributed by atoms with Gasteiger partial charge >= 0.3 is 0 Å². The number of nitrogens with zero attached hydrogens (tertiary/aromatic N) is 5. The topological polar surface area (TPSA) is 82.4 Å². The molecule has 0 spiro atoms. The van der Waals surface area contributed by atoms with Crippen LogP contribution in [-0.4, -0.2) is 46.9 Å². The zero-order chi connectivity index (χ0) is 15.5. The standard InChI is InChI=1S/C14H17N5O3/c1-21-11-6-10(7-12(9-11)22-2)8-13(20)18-4-3-5-19-14(18)15-16-17-19/h6-7,9H,3-5,8H2,1-2H3. The van der Waals surface area contributed by atoms with Gasteiger partial charge in [-0.05, 0) is 34.5 Å². The number of rotatable bonds is 4. The van der Waals surface area contributed by atoms with Gasteiger partial charge in [0.15, 0.2) is 0 Å². The molecule has 1 aliphatic rings. The first-order valence-electron chi connectivity index (χ1n) is 6.99. The zero-order valence-corrected chi connectivity index (χ0v) is 12.5. The van der Waals surface area contributed by atoms with E-state index in [0.717, 1.165) is 18.5 Å². The smallest absolute Gasteiger partial charge is 0.252 e. The van der Waals surface area contributed by atoms with Crippen molar-refractivity contribution in [1.82, 2.24) is 20.2 Å². The van der Waals surface area contributed by atoms with Gasteiger partial charge in [0.2, 0.25) is 5.91 Å². The lowest BCUT2D eigenvalue weighted by molar-refractivity contribution is -0.118. The normalized spacial score (nSPS) is 13.6. The largest absolute Gasteiger partial charge is 0.497 e. The number of aromatic nitrogens is 4. The second-order valence-electron chi connectivity index (χ2n) is 5.00. The number of benzene rings is 1. The lowest BCUT2D eigenvalue weighted by atomic mass is 10.1. The van der Waals surface area contributed by atoms with E-state index in [-0.39, 0.29) is 12.3 Å². The van der Waals surface area contributed by atoms with Crippen molar-refractivity contribution in [2.45, 2.75) is 19.4 Å². The van der Waals surface area contributed by atoms with Crippen LogP contribution in [0.25, 0.3) is 0 Å². The average molecular weight is 303 g/mol. The van der Waals surface area contributed by atoms with E-state index in [2.05, 4.69) is 15.5 Å². The van der Waals surface area contributed by atoms with Gasteiger partial charge in [0.25, 0.3) is 5.95 Å². The van der Waals surface area contributed by atoms with Crippen molar-refractivity contribution in [3.8, 4) is 11.5 Å². The Morgan fingerprint density at radius 2 is 1.91 bits per heavy atom. The van der Waals surface area contributed by atoms with Crippen molar-refractivity contribution in [1.29, 1.82) is 0 Å². The third-order valence-electron chi connectivity index (χ3n) is 3.57. The summed E-state index contributed by atoms with van der Waals surface area (Å²) in [6.45, 7) is 1.36. The molecule has 1 aliphatic heterocycles. The summed E-state index contributed by atoms with van der Waals surface area (Å²) in [6.07, 6.45) is 1.08. The van der Waals surface area contributed by atoms with Gasteiger partial charge in [-0.1, -0.05) is 5.10 Å². The molecule has 22 heavy (non-hydrogen) atoms. The molecule has 116 valence electrons. The third kappa shape index (κ3) is 2.72. The minimum Gasteiger partial charge on any atom is -0.497 e. The molecule has 0 bridgehead atoms. The van der Waals surface area contributed by atoms with Gasteiger partial charge in [-0.15, -0.1) is 0 Å². The molecule has 8 heteroatoms. The predicted molar refractivity (Wildman–Crippen MR) is 78.0 cm³/mol. The van der Waals surface area contributed by atoms with Crippen molar-refractivity contribution < 1.29 is 14.3 Å². The van der Waals surface area contributed by atoms with Crippen LogP contribution in [0.3, 0.4) is 0 Å². The molecule has 8 nitrogen and oxygen atoms in total. The molecule has 0 aliphatic carbocycles. The maximum Gasteiger partial charge on any atom is 0.252 e. The maximum absolute atomic E-state index is 12.6. The Morgan fingerprint density at radius 3 is 2.59 bits per heavy atom. The third-order valence-corrected chi connectivity index (χ3v) is 3.57. The monoisotopic (exact) mass is 303 g/mol. The number of ether oxygens (including phenoxy) is 2. The molecule has 1 amide bonds. The molecule has 1 aromatic heterocycles. The number of anilines is 1. The van der Waals surface area contributed by atoms with Gasteiger partial charge in [-0.2, -0.15) is 0 Å². The van der Waals surface area contributed by atoms with Crippen LogP contribution in [0.1, 0.15) is 12.0 Å². The van der Waals surface area contributed by atoms with Gasteiger partial charge in [0.05, 0.1) is 20.6 Å². The first-order chi connectivity index (χ1) is 10.7. The van der Waals surface area contributed by atoms with Crippen LogP contribution >= 0.6 is 0 Å². The number of aryl methyl sites for hydroxylation is 1. The molecule has 0 saturated heterocycles. The van der Waals surface area contributed by atoms with Crippen LogP contribution in [0.4, 0.5) is 5.95 Å². The van der Waals surface area contributed by atoms with Gasteiger partial charge in [0, 0.05) is 19.2 Å². The maximum atomic E-state index is 12.6. The highest BCUT2D eigenvalue weighted by atomic mass is 16.5. The SMILES string of the molecule is COc1cc(CC(=O)N2CCCn3nnnc32)cc(OC)c1. The predicted octanol–water partition coefficient (Wildman–Crippen LogP) is 0.670. The summed E-state index contributed by atoms with van der Waals surface area (Å²) in [7, 11) is 3.16. The van der Waals surface area contributed by atoms with Gasteiger partial charge in [0.1, 0.15) is 11.5 Å². The van der Waals surface area contributed by atoms with Crippen molar-refractivity contribution in [3.63, 3.8) is 0 Å². The van der Waals surface area contributed by atoms with Crippen LogP contribution < -0.4 is 14.4 Å². The van der Waals surface area contributed by atoms with Crippen LogP contribution in [0, 0.1) is 0 Å². The lowest BCUT2D eigenvalue weighted by Gasteiger charge is -2.25. The summed E-state index contributed by atoms with van der Waals surface area (Å²) >= 11 is 0. The number of carbonyl (C=O) groups is 1. The Labute approximate surface area is 127 Å². The molecule has 2 aromatic rings. The van der Waals surface area contributed by atoms with Gasteiger partial charge in [-0.25, -0.2) is 4.68 Å². The summed E-state index contributed by atoms with van der Waals surface area (Å²) in [5.74, 6) is 1.77. The Balaban J connectivity index is 1.81. The summed E-state index contributed by atoms with van der Waals surface area (Å²) in [5, 5.41) is 11.4. The molecule has 0 fully saturated rings. The van der Waals surface area contributed by atoms with E-state index in [1.807, 2.05) is 12.1 Å². The van der Waals surface area contributed by atoms with E-state index >= 15 is 0 Å². The number of hydrogen-bond acceptors (Lipinski definition) is 6. The van der Waals surface area contributed by atoms with E-state index in [9.17, 15) is 4.79 Å². The van der Waals surface area contributed by atoms with Gasteiger partial charge < -0.3 is 9.47 Å². The van der Waals surface area contributed by atoms with Crippen LogP contribution in [0.2, 0.25) is 0 Å². The minimum absolute atomic E-state index is 0.0499. The molecule has 0 N–H and O–H groups in total. The van der Waals surface area contributed by atoms with Crippen LogP contribution in [0.15, 0.2) is 18.2 Å². The molecule has 0 unspecified atom stereocenters. The van der Waals surface area contributed by atoms with Crippen molar-refractivity contribution in [3.05, 3.63) is 23.8 Å². The molecule has 2 heterocycles. The highest BCUT2D eigenvalue weighted by molar-refractivity contribution is 5.93. The molecule has 3 rings (SSSR count). The van der Waals surface area contributed by atoms with E-state index in [0.29, 0.717) is 24.0 Å². The fourth-order valence-electron chi connectivity index (χ4n) is 2.49. The Hall–Kier alpha value is -2.64. The van der Waals surface area contributed by atoms with E-state index < -0.39 is 0 Å². The Kier molecular flexibility index (Phi) is 3.90. The zero-order valence-electron chi connectivity index (χ0n) is 12.5. The average Bonchev–Trinajstić information content (AvgIpc) is 3.02. The highest BCUT2D eigenvalue weighted by Crippen LogP contribution is 2.24. The summed E-state index contributed by atoms with van der Waals surface area (Å²) < 4.78 is 12.1. The molecular weight excluding hydrogens is 286 g/mol. The van der Waals surface area contributed by atoms with E-state index in [1.165, 1.54) is 0 Å². The number of amides is 1. The summed E-state index contributed by atoms with van der Waals surface area (Å²) in [4.78, 5) is 14.2. The van der Waals surface area contributed by atoms with Gasteiger partial charge in [-0.3, -0.25) is 9.69 Å². The van der Waals surface area contributed by atoms with Crippen molar-refractivity contribution in [2.75, 3.05) is 25.7 Å². The quantitative estimate of drug-likeness (QED) is 0.825. The fraction of sp³-hybridized carbons (Fsp3) is 0.429. The second-order valence-corrected chi connectivity index (χ2v) is 5.00. The first kappa shape index (κ1) is 14.3. The molecule has 0 saturated carbocycles. The van der Waals surface area contributed by atoms with Crippen LogP contribution in [-0.2, 0) is 17.8 Å². The number of hydrogen-bond donors (Lipinski definition) is 0. The number of methoxy groups -OCH3 is 2. The number of carbonyl (C=O) groups excluding carboxylic acids is 1. The molecule has 1 aromatic carbocycles. The lowest BCUT2D eigenvalue weighted by Crippen LogP contribution is -2.39. The molecular formula is C14H17N5O3. The fourth-order valence-corrected chi connectivity index (χ4v) is 2.49. The first-order valence-corrected chi connectivity index (χ1v) is 6.99. The Bertz CT molecular complexity index is 663. The minimum atomic E-state index is -0.0499. The van der Waals surface area contributed by atoms with E-state index in [4.69, 9.17) is 9.47 Å². The molecule has 0 radical (unpaired) electrons. The number of tetrazole rings is 1. The summed E-state index contributed by atoms with van der Waals surface area (Å²) in [6, 6.07) is 5.43. The second kappa shape index (κ2) is 6.00. The van der Waals surface area contributed by atoms with Crippen LogP contribution in [0.5, 0.6) is 11.5 Å². The molecule has 0 atom stereocenters. The number of fused-ring (bicyclic) bond motifs is 1. The Morgan fingerprint density at radius 1 is 1.18 bits per heavy atom. The van der Waals surface area contributed by atoms with Crippen molar-refractivity contribution in [2.24, 2.45) is 0 Å².